The fourth-order valence-electron chi connectivity index (χ4n) is 2.39. The van der Waals surface area contributed by atoms with Crippen molar-refractivity contribution >= 4 is 35.1 Å². The van der Waals surface area contributed by atoms with Gasteiger partial charge in [0.1, 0.15) is 11.0 Å². The van der Waals surface area contributed by atoms with Crippen LogP contribution >= 0.6 is 23.4 Å². The smallest absolute Gasteiger partial charge is 0.251 e. The lowest BCUT2D eigenvalue weighted by atomic mass is 10.1. The van der Waals surface area contributed by atoms with E-state index in [9.17, 15) is 4.79 Å². The van der Waals surface area contributed by atoms with Gasteiger partial charge in [0.15, 0.2) is 5.16 Å². The number of anilines is 1. The van der Waals surface area contributed by atoms with E-state index in [4.69, 9.17) is 11.6 Å². The first kappa shape index (κ1) is 20.5. The van der Waals surface area contributed by atoms with Gasteiger partial charge < -0.3 is 10.2 Å². The van der Waals surface area contributed by atoms with Crippen LogP contribution in [0, 0.1) is 0 Å². The standard InChI is InChI=1S/C19H25ClN4OS/c1-4-9-21-18(25)15-8-6-7-14(11-15)13-26-19-22-16(20)12-17(23-19)24(3)10-5-2/h6-8,11-12H,4-5,9-10,13H2,1-3H3,(H,21,25). The second kappa shape index (κ2) is 10.4. The van der Waals surface area contributed by atoms with Gasteiger partial charge in [0.25, 0.3) is 5.91 Å². The maximum Gasteiger partial charge on any atom is 0.251 e. The van der Waals surface area contributed by atoms with Crippen molar-refractivity contribution in [2.75, 3.05) is 25.0 Å². The van der Waals surface area contributed by atoms with Gasteiger partial charge in [-0.05, 0) is 30.5 Å². The van der Waals surface area contributed by atoms with E-state index < -0.39 is 0 Å². The quantitative estimate of drug-likeness (QED) is 0.389. The number of benzene rings is 1. The average molecular weight is 393 g/mol. The largest absolute Gasteiger partial charge is 0.360 e. The van der Waals surface area contributed by atoms with Crippen molar-refractivity contribution in [1.29, 1.82) is 0 Å². The zero-order valence-electron chi connectivity index (χ0n) is 15.5. The van der Waals surface area contributed by atoms with Gasteiger partial charge in [0.2, 0.25) is 0 Å². The predicted octanol–water partition coefficient (Wildman–Crippen LogP) is 4.41. The maximum atomic E-state index is 12.1. The topological polar surface area (TPSA) is 58.1 Å². The van der Waals surface area contributed by atoms with E-state index in [-0.39, 0.29) is 5.91 Å². The Bertz CT molecular complexity index is 741. The number of carbonyl (C=O) groups excluding carboxylic acids is 1. The Morgan fingerprint density at radius 3 is 2.77 bits per heavy atom. The van der Waals surface area contributed by atoms with Crippen molar-refractivity contribution in [2.24, 2.45) is 0 Å². The highest BCUT2D eigenvalue weighted by atomic mass is 35.5. The Balaban J connectivity index is 2.05. The molecule has 0 fully saturated rings. The lowest BCUT2D eigenvalue weighted by Crippen LogP contribution is -2.23. The van der Waals surface area contributed by atoms with Gasteiger partial charge in [-0.3, -0.25) is 4.79 Å². The fourth-order valence-corrected chi connectivity index (χ4v) is 3.41. The highest BCUT2D eigenvalue weighted by Crippen LogP contribution is 2.24. The number of nitrogens with one attached hydrogen (secondary N) is 1. The molecule has 0 radical (unpaired) electrons. The molecule has 7 heteroatoms. The summed E-state index contributed by atoms with van der Waals surface area (Å²) in [6, 6.07) is 9.41. The van der Waals surface area contributed by atoms with E-state index in [2.05, 4.69) is 27.1 Å². The first-order valence-corrected chi connectivity index (χ1v) is 10.2. The van der Waals surface area contributed by atoms with Crippen molar-refractivity contribution < 1.29 is 4.79 Å². The molecule has 0 aliphatic rings. The van der Waals surface area contributed by atoms with E-state index in [1.54, 1.807) is 6.07 Å². The normalized spacial score (nSPS) is 10.6. The van der Waals surface area contributed by atoms with Crippen LogP contribution in [0.25, 0.3) is 0 Å². The van der Waals surface area contributed by atoms with Crippen LogP contribution in [0.4, 0.5) is 5.82 Å². The van der Waals surface area contributed by atoms with E-state index in [1.165, 1.54) is 11.8 Å². The average Bonchev–Trinajstić information content (AvgIpc) is 2.64. The second-order valence-electron chi connectivity index (χ2n) is 6.00. The third-order valence-corrected chi connectivity index (χ3v) is 4.82. The van der Waals surface area contributed by atoms with Crippen molar-refractivity contribution in [3.8, 4) is 0 Å². The van der Waals surface area contributed by atoms with E-state index >= 15 is 0 Å². The number of hydrogen-bond acceptors (Lipinski definition) is 5. The number of rotatable bonds is 9. The molecular formula is C19H25ClN4OS. The molecule has 0 saturated heterocycles. The Morgan fingerprint density at radius 1 is 1.23 bits per heavy atom. The Morgan fingerprint density at radius 2 is 2.04 bits per heavy atom. The van der Waals surface area contributed by atoms with Crippen LogP contribution in [-0.2, 0) is 5.75 Å². The van der Waals surface area contributed by atoms with Crippen LogP contribution in [-0.4, -0.2) is 36.0 Å². The molecule has 0 atom stereocenters. The van der Waals surface area contributed by atoms with Crippen LogP contribution in [0.1, 0.15) is 42.6 Å². The SMILES string of the molecule is CCCNC(=O)c1cccc(CSc2nc(Cl)cc(N(C)CCC)n2)c1. The molecule has 1 N–H and O–H groups in total. The summed E-state index contributed by atoms with van der Waals surface area (Å²) in [6.45, 7) is 5.75. The summed E-state index contributed by atoms with van der Waals surface area (Å²) in [7, 11) is 2.00. The van der Waals surface area contributed by atoms with Crippen molar-refractivity contribution in [3.63, 3.8) is 0 Å². The number of amides is 1. The van der Waals surface area contributed by atoms with E-state index in [1.807, 2.05) is 38.2 Å². The highest BCUT2D eigenvalue weighted by molar-refractivity contribution is 7.98. The zero-order valence-corrected chi connectivity index (χ0v) is 17.0. The van der Waals surface area contributed by atoms with Crippen molar-refractivity contribution in [2.45, 2.75) is 37.6 Å². The van der Waals surface area contributed by atoms with Crippen LogP contribution in [0.2, 0.25) is 5.15 Å². The van der Waals surface area contributed by atoms with Crippen LogP contribution in [0.5, 0.6) is 0 Å². The molecule has 0 aliphatic carbocycles. The van der Waals surface area contributed by atoms with Crippen molar-refractivity contribution in [3.05, 3.63) is 46.6 Å². The lowest BCUT2D eigenvalue weighted by molar-refractivity contribution is 0.0953. The molecular weight excluding hydrogens is 368 g/mol. The summed E-state index contributed by atoms with van der Waals surface area (Å²) in [5.41, 5.74) is 1.72. The van der Waals surface area contributed by atoms with Gasteiger partial charge in [-0.1, -0.05) is 49.3 Å². The summed E-state index contributed by atoms with van der Waals surface area (Å²) < 4.78 is 0. The highest BCUT2D eigenvalue weighted by Gasteiger charge is 2.09. The number of carbonyl (C=O) groups is 1. The first-order chi connectivity index (χ1) is 12.5. The first-order valence-electron chi connectivity index (χ1n) is 8.79. The van der Waals surface area contributed by atoms with Gasteiger partial charge in [-0.15, -0.1) is 0 Å². The molecule has 0 aliphatic heterocycles. The van der Waals surface area contributed by atoms with Crippen LogP contribution in [0.3, 0.4) is 0 Å². The molecule has 0 spiro atoms. The molecule has 26 heavy (non-hydrogen) atoms. The Hall–Kier alpha value is -1.79. The van der Waals surface area contributed by atoms with Gasteiger partial charge in [-0.25, -0.2) is 9.97 Å². The molecule has 1 aromatic heterocycles. The summed E-state index contributed by atoms with van der Waals surface area (Å²) in [4.78, 5) is 23.0. The summed E-state index contributed by atoms with van der Waals surface area (Å²) in [6.07, 6.45) is 1.95. The number of hydrogen-bond donors (Lipinski definition) is 1. The number of halogens is 1. The van der Waals surface area contributed by atoms with Gasteiger partial charge in [-0.2, -0.15) is 0 Å². The van der Waals surface area contributed by atoms with E-state index in [0.29, 0.717) is 28.2 Å². The van der Waals surface area contributed by atoms with Gasteiger partial charge >= 0.3 is 0 Å². The molecule has 5 nitrogen and oxygen atoms in total. The lowest BCUT2D eigenvalue weighted by Gasteiger charge is -2.17. The Labute approximate surface area is 164 Å². The minimum absolute atomic E-state index is 0.0406. The molecule has 1 aromatic carbocycles. The number of thioether (sulfide) groups is 1. The molecule has 0 saturated carbocycles. The summed E-state index contributed by atoms with van der Waals surface area (Å²) >= 11 is 7.66. The maximum absolute atomic E-state index is 12.1. The third-order valence-electron chi connectivity index (χ3n) is 3.70. The number of aromatic nitrogens is 2. The molecule has 140 valence electrons. The van der Waals surface area contributed by atoms with E-state index in [0.717, 1.165) is 30.8 Å². The minimum Gasteiger partial charge on any atom is -0.360 e. The monoisotopic (exact) mass is 392 g/mol. The molecule has 2 aromatic rings. The number of nitrogens with zero attached hydrogens (tertiary/aromatic N) is 3. The molecule has 2 rings (SSSR count). The molecule has 1 heterocycles. The van der Waals surface area contributed by atoms with Gasteiger partial charge in [0, 0.05) is 37.5 Å². The molecule has 1 amide bonds. The zero-order chi connectivity index (χ0) is 18.9. The minimum atomic E-state index is -0.0406. The van der Waals surface area contributed by atoms with Crippen LogP contribution < -0.4 is 10.2 Å². The second-order valence-corrected chi connectivity index (χ2v) is 7.33. The predicted molar refractivity (Wildman–Crippen MR) is 109 cm³/mol. The molecule has 0 unspecified atom stereocenters. The van der Waals surface area contributed by atoms with Crippen LogP contribution in [0.15, 0.2) is 35.5 Å². The summed E-state index contributed by atoms with van der Waals surface area (Å²) in [5.74, 6) is 1.45. The van der Waals surface area contributed by atoms with Gasteiger partial charge in [0.05, 0.1) is 0 Å². The summed E-state index contributed by atoms with van der Waals surface area (Å²) in [5, 5.41) is 3.97. The molecule has 0 bridgehead atoms. The third kappa shape index (κ3) is 6.18. The Kier molecular flexibility index (Phi) is 8.19. The fraction of sp³-hybridized carbons (Fsp3) is 0.421. The van der Waals surface area contributed by atoms with Crippen molar-refractivity contribution in [1.82, 2.24) is 15.3 Å².